The Bertz CT molecular complexity index is 133. The standard InChI is InChI=1S/C10H21BO2/c1-8(2)5-6-13-10(3,4)7-9(11)12/h8-9,12H,5-7H2,1-4H3. The first kappa shape index (κ1) is 13.0. The van der Waals surface area contributed by atoms with E-state index < -0.39 is 6.00 Å². The maximum Gasteiger partial charge on any atom is 0.108 e. The van der Waals surface area contributed by atoms with Gasteiger partial charge in [0.15, 0.2) is 0 Å². The molecule has 0 fully saturated rings. The molecule has 76 valence electrons. The summed E-state index contributed by atoms with van der Waals surface area (Å²) in [5, 5.41) is 8.99. The van der Waals surface area contributed by atoms with Gasteiger partial charge in [-0.25, -0.2) is 0 Å². The summed E-state index contributed by atoms with van der Waals surface area (Å²) < 4.78 is 5.61. The van der Waals surface area contributed by atoms with Crippen molar-refractivity contribution in [3.8, 4) is 0 Å². The SMILES string of the molecule is [B]C(O)CC(C)(C)OCCC(C)C. The van der Waals surface area contributed by atoms with Crippen molar-refractivity contribution < 1.29 is 9.84 Å². The van der Waals surface area contributed by atoms with Crippen molar-refractivity contribution in [3.05, 3.63) is 0 Å². The van der Waals surface area contributed by atoms with E-state index in [4.69, 9.17) is 17.7 Å². The number of hydrogen-bond donors (Lipinski definition) is 1. The Morgan fingerprint density at radius 1 is 1.38 bits per heavy atom. The van der Waals surface area contributed by atoms with Crippen LogP contribution in [0.1, 0.15) is 40.5 Å². The number of ether oxygens (including phenoxy) is 1. The molecule has 0 saturated heterocycles. The molecule has 3 heteroatoms. The van der Waals surface area contributed by atoms with E-state index in [2.05, 4.69) is 13.8 Å². The van der Waals surface area contributed by atoms with Crippen LogP contribution in [-0.4, -0.2) is 31.2 Å². The summed E-state index contributed by atoms with van der Waals surface area (Å²) in [6, 6.07) is -0.783. The zero-order valence-electron chi connectivity index (χ0n) is 9.21. The first-order valence-electron chi connectivity index (χ1n) is 4.91. The van der Waals surface area contributed by atoms with Crippen molar-refractivity contribution in [1.29, 1.82) is 0 Å². The first-order valence-corrected chi connectivity index (χ1v) is 4.91. The van der Waals surface area contributed by atoms with Crippen molar-refractivity contribution >= 4 is 7.85 Å². The van der Waals surface area contributed by atoms with Gasteiger partial charge in [0.25, 0.3) is 0 Å². The fourth-order valence-electron chi connectivity index (χ4n) is 1.13. The molecule has 0 bridgehead atoms. The highest BCUT2D eigenvalue weighted by Crippen LogP contribution is 2.16. The molecule has 1 unspecified atom stereocenters. The van der Waals surface area contributed by atoms with Crippen LogP contribution >= 0.6 is 0 Å². The normalized spacial score (nSPS) is 14.9. The Morgan fingerprint density at radius 3 is 2.31 bits per heavy atom. The molecule has 0 aliphatic heterocycles. The summed E-state index contributed by atoms with van der Waals surface area (Å²) >= 11 is 0. The van der Waals surface area contributed by atoms with E-state index in [0.717, 1.165) is 13.0 Å². The summed E-state index contributed by atoms with van der Waals surface area (Å²) in [6.07, 6.45) is 1.52. The number of rotatable bonds is 6. The predicted octanol–water partition coefficient (Wildman–Crippen LogP) is 1.70. The average Bonchev–Trinajstić information content (AvgIpc) is 1.81. The van der Waals surface area contributed by atoms with E-state index in [0.29, 0.717) is 12.3 Å². The smallest absolute Gasteiger partial charge is 0.108 e. The first-order chi connectivity index (χ1) is 5.83. The molecular formula is C10H21BO2. The largest absolute Gasteiger partial charge is 0.403 e. The third kappa shape index (κ3) is 8.32. The van der Waals surface area contributed by atoms with Crippen LogP contribution in [0.2, 0.25) is 0 Å². The third-order valence-corrected chi connectivity index (χ3v) is 1.89. The van der Waals surface area contributed by atoms with E-state index in [1.807, 2.05) is 13.8 Å². The molecule has 2 nitrogen and oxygen atoms in total. The van der Waals surface area contributed by atoms with Crippen LogP contribution in [0.4, 0.5) is 0 Å². The molecule has 0 heterocycles. The van der Waals surface area contributed by atoms with Gasteiger partial charge in [0.1, 0.15) is 7.85 Å². The van der Waals surface area contributed by atoms with Gasteiger partial charge in [-0.05, 0) is 32.6 Å². The van der Waals surface area contributed by atoms with E-state index in [1.54, 1.807) is 0 Å². The van der Waals surface area contributed by atoms with Gasteiger partial charge in [0.2, 0.25) is 0 Å². The third-order valence-electron chi connectivity index (χ3n) is 1.89. The molecule has 1 atom stereocenters. The van der Waals surface area contributed by atoms with Gasteiger partial charge in [-0.3, -0.25) is 0 Å². The van der Waals surface area contributed by atoms with Crippen LogP contribution in [0.3, 0.4) is 0 Å². The number of aliphatic hydroxyl groups excluding tert-OH is 1. The highest BCUT2D eigenvalue weighted by molar-refractivity contribution is 6.10. The number of aliphatic hydroxyl groups is 1. The molecule has 13 heavy (non-hydrogen) atoms. The predicted molar refractivity (Wildman–Crippen MR) is 55.9 cm³/mol. The van der Waals surface area contributed by atoms with Gasteiger partial charge in [-0.1, -0.05) is 13.8 Å². The Hall–Kier alpha value is -0.0151. The molecule has 1 N–H and O–H groups in total. The summed E-state index contributed by atoms with van der Waals surface area (Å²) in [5.74, 6) is 0.651. The van der Waals surface area contributed by atoms with Crippen molar-refractivity contribution in [2.24, 2.45) is 5.92 Å². The molecular weight excluding hydrogens is 163 g/mol. The van der Waals surface area contributed by atoms with Crippen LogP contribution < -0.4 is 0 Å². The van der Waals surface area contributed by atoms with Gasteiger partial charge >= 0.3 is 0 Å². The van der Waals surface area contributed by atoms with Gasteiger partial charge in [-0.2, -0.15) is 0 Å². The highest BCUT2D eigenvalue weighted by atomic mass is 16.5. The Balaban J connectivity index is 3.62. The molecule has 0 aliphatic rings. The van der Waals surface area contributed by atoms with Crippen molar-refractivity contribution in [1.82, 2.24) is 0 Å². The summed E-state index contributed by atoms with van der Waals surface area (Å²) in [6.45, 7) is 8.95. The molecule has 0 amide bonds. The van der Waals surface area contributed by atoms with Crippen LogP contribution in [0.15, 0.2) is 0 Å². The van der Waals surface area contributed by atoms with Crippen LogP contribution in [0.25, 0.3) is 0 Å². The minimum Gasteiger partial charge on any atom is -0.403 e. The van der Waals surface area contributed by atoms with Gasteiger partial charge in [0.05, 0.1) is 5.60 Å². The minimum atomic E-state index is -0.783. The molecule has 0 aliphatic carbocycles. The van der Waals surface area contributed by atoms with Crippen molar-refractivity contribution in [2.75, 3.05) is 6.61 Å². The molecule has 0 aromatic carbocycles. The zero-order valence-corrected chi connectivity index (χ0v) is 9.21. The Labute approximate surface area is 83.1 Å². The van der Waals surface area contributed by atoms with Crippen LogP contribution in [-0.2, 0) is 4.74 Å². The van der Waals surface area contributed by atoms with Crippen molar-refractivity contribution in [2.45, 2.75) is 52.1 Å². The van der Waals surface area contributed by atoms with E-state index in [9.17, 15) is 0 Å². The fourth-order valence-corrected chi connectivity index (χ4v) is 1.13. The Morgan fingerprint density at radius 2 is 1.92 bits per heavy atom. The van der Waals surface area contributed by atoms with E-state index in [1.165, 1.54) is 0 Å². The average molecular weight is 184 g/mol. The number of hydrogen-bond acceptors (Lipinski definition) is 2. The quantitative estimate of drug-likeness (QED) is 0.636. The maximum atomic E-state index is 8.99. The minimum absolute atomic E-state index is 0.316. The summed E-state index contributed by atoms with van der Waals surface area (Å²) in [7, 11) is 5.29. The van der Waals surface area contributed by atoms with Crippen molar-refractivity contribution in [3.63, 3.8) is 0 Å². The van der Waals surface area contributed by atoms with Gasteiger partial charge < -0.3 is 9.84 Å². The molecule has 0 spiro atoms. The van der Waals surface area contributed by atoms with Crippen LogP contribution in [0.5, 0.6) is 0 Å². The lowest BCUT2D eigenvalue weighted by molar-refractivity contribution is -0.0414. The lowest BCUT2D eigenvalue weighted by atomic mass is 9.88. The van der Waals surface area contributed by atoms with Gasteiger partial charge in [0, 0.05) is 12.6 Å². The summed E-state index contributed by atoms with van der Waals surface area (Å²) in [5.41, 5.74) is -0.316. The zero-order chi connectivity index (χ0) is 10.5. The fraction of sp³-hybridized carbons (Fsp3) is 1.00. The lowest BCUT2D eigenvalue weighted by Crippen LogP contribution is -2.30. The molecule has 2 radical (unpaired) electrons. The lowest BCUT2D eigenvalue weighted by Gasteiger charge is -2.27. The Kier molecular flexibility index (Phi) is 5.65. The van der Waals surface area contributed by atoms with Crippen LogP contribution in [0, 0.1) is 5.92 Å². The molecule has 0 aromatic rings. The monoisotopic (exact) mass is 184 g/mol. The maximum absolute atomic E-state index is 8.99. The van der Waals surface area contributed by atoms with E-state index >= 15 is 0 Å². The second-order valence-corrected chi connectivity index (χ2v) is 4.56. The van der Waals surface area contributed by atoms with E-state index in [-0.39, 0.29) is 5.60 Å². The molecule has 0 saturated carbocycles. The van der Waals surface area contributed by atoms with Gasteiger partial charge in [-0.15, -0.1) is 0 Å². The highest BCUT2D eigenvalue weighted by Gasteiger charge is 2.20. The molecule has 0 aromatic heterocycles. The second kappa shape index (κ2) is 5.66. The summed E-state index contributed by atoms with van der Waals surface area (Å²) in [4.78, 5) is 0. The molecule has 0 rings (SSSR count). The second-order valence-electron chi connectivity index (χ2n) is 4.56. The topological polar surface area (TPSA) is 29.5 Å².